The minimum atomic E-state index is -0.164. The third-order valence-corrected chi connectivity index (χ3v) is 6.30. The van der Waals surface area contributed by atoms with Crippen molar-refractivity contribution in [2.75, 3.05) is 44.4 Å². The summed E-state index contributed by atoms with van der Waals surface area (Å²) >= 11 is 0. The number of carbonyl (C=O) groups excluding carboxylic acids is 2. The zero-order valence-electron chi connectivity index (χ0n) is 18.3. The molecule has 0 bridgehead atoms. The molecule has 1 unspecified atom stereocenters. The van der Waals surface area contributed by atoms with Crippen LogP contribution < -0.4 is 19.7 Å². The van der Waals surface area contributed by atoms with Gasteiger partial charge in [0.25, 0.3) is 0 Å². The molecule has 0 spiro atoms. The smallest absolute Gasteiger partial charge is 0.317 e. The normalized spacial score (nSPS) is 20.7. The van der Waals surface area contributed by atoms with Gasteiger partial charge in [-0.1, -0.05) is 23.8 Å². The standard InChI is InChI=1S/C24H28N4O4/c1-17-2-5-20(6-3-17)28-15-19(13-23(28)29)25-24(30)27-10-8-26(9-11-27)14-18-4-7-21-22(12-18)32-16-31-21/h2-7,12,19H,8-11,13-16H2,1H3,(H,25,30). The maximum absolute atomic E-state index is 12.8. The van der Waals surface area contributed by atoms with E-state index in [4.69, 9.17) is 9.47 Å². The molecule has 8 heteroatoms. The summed E-state index contributed by atoms with van der Waals surface area (Å²) in [5.41, 5.74) is 3.21. The van der Waals surface area contributed by atoms with Gasteiger partial charge in [-0.3, -0.25) is 9.69 Å². The summed E-state index contributed by atoms with van der Waals surface area (Å²) in [5, 5.41) is 3.06. The monoisotopic (exact) mass is 436 g/mol. The van der Waals surface area contributed by atoms with Crippen molar-refractivity contribution in [2.45, 2.75) is 25.9 Å². The number of piperazine rings is 1. The number of rotatable bonds is 4. The van der Waals surface area contributed by atoms with E-state index in [1.54, 1.807) is 4.90 Å². The molecule has 168 valence electrons. The molecular formula is C24H28N4O4. The second-order valence-electron chi connectivity index (χ2n) is 8.64. The first kappa shape index (κ1) is 20.6. The second kappa shape index (κ2) is 8.70. The van der Waals surface area contributed by atoms with Crippen LogP contribution in [0.1, 0.15) is 17.5 Å². The van der Waals surface area contributed by atoms with Crippen molar-refractivity contribution < 1.29 is 19.1 Å². The lowest BCUT2D eigenvalue weighted by Crippen LogP contribution is -2.53. The number of ether oxygens (including phenoxy) is 2. The van der Waals surface area contributed by atoms with Gasteiger partial charge in [0, 0.05) is 51.4 Å². The molecule has 0 radical (unpaired) electrons. The molecule has 8 nitrogen and oxygen atoms in total. The molecule has 0 aliphatic carbocycles. The van der Waals surface area contributed by atoms with E-state index in [9.17, 15) is 9.59 Å². The highest BCUT2D eigenvalue weighted by molar-refractivity contribution is 5.96. The summed E-state index contributed by atoms with van der Waals surface area (Å²) in [7, 11) is 0. The quantitative estimate of drug-likeness (QED) is 0.797. The Morgan fingerprint density at radius 1 is 1.03 bits per heavy atom. The largest absolute Gasteiger partial charge is 0.454 e. The van der Waals surface area contributed by atoms with Crippen LogP contribution in [-0.2, 0) is 11.3 Å². The minimum absolute atomic E-state index is 0.0488. The molecule has 3 aliphatic heterocycles. The van der Waals surface area contributed by atoms with Crippen molar-refractivity contribution in [3.8, 4) is 11.5 Å². The highest BCUT2D eigenvalue weighted by atomic mass is 16.7. The van der Waals surface area contributed by atoms with Gasteiger partial charge in [-0.05, 0) is 36.8 Å². The number of anilines is 1. The molecule has 2 fully saturated rings. The first-order valence-corrected chi connectivity index (χ1v) is 11.1. The van der Waals surface area contributed by atoms with Crippen molar-refractivity contribution in [3.63, 3.8) is 0 Å². The Bertz CT molecular complexity index is 1000. The third-order valence-electron chi connectivity index (χ3n) is 6.30. The highest BCUT2D eigenvalue weighted by Gasteiger charge is 2.33. The van der Waals surface area contributed by atoms with Crippen LogP contribution in [0.25, 0.3) is 0 Å². The molecule has 3 amide bonds. The number of amides is 3. The average Bonchev–Trinajstić information content (AvgIpc) is 3.40. The topological polar surface area (TPSA) is 74.4 Å². The minimum Gasteiger partial charge on any atom is -0.454 e. The summed E-state index contributed by atoms with van der Waals surface area (Å²) in [5.74, 6) is 1.64. The summed E-state index contributed by atoms with van der Waals surface area (Å²) in [6.45, 7) is 6.57. The van der Waals surface area contributed by atoms with Gasteiger partial charge >= 0.3 is 6.03 Å². The predicted molar refractivity (Wildman–Crippen MR) is 120 cm³/mol. The van der Waals surface area contributed by atoms with Gasteiger partial charge in [0.05, 0.1) is 6.04 Å². The predicted octanol–water partition coefficient (Wildman–Crippen LogP) is 2.36. The summed E-state index contributed by atoms with van der Waals surface area (Å²) in [6, 6.07) is 13.7. The van der Waals surface area contributed by atoms with Crippen molar-refractivity contribution in [1.29, 1.82) is 0 Å². The lowest BCUT2D eigenvalue weighted by molar-refractivity contribution is -0.117. The Hall–Kier alpha value is -3.26. The lowest BCUT2D eigenvalue weighted by Gasteiger charge is -2.35. The fourth-order valence-corrected chi connectivity index (χ4v) is 4.45. The molecule has 0 aromatic heterocycles. The van der Waals surface area contributed by atoms with Gasteiger partial charge in [0.1, 0.15) is 0 Å². The maximum atomic E-state index is 12.8. The fourth-order valence-electron chi connectivity index (χ4n) is 4.45. The number of hydrogen-bond acceptors (Lipinski definition) is 5. The number of urea groups is 1. The molecule has 32 heavy (non-hydrogen) atoms. The SMILES string of the molecule is Cc1ccc(N2CC(NC(=O)N3CCN(Cc4ccc5c(c4)OCO5)CC3)CC2=O)cc1. The summed E-state index contributed by atoms with van der Waals surface area (Å²) < 4.78 is 10.8. The number of nitrogens with zero attached hydrogens (tertiary/aromatic N) is 3. The molecule has 3 heterocycles. The van der Waals surface area contributed by atoms with E-state index in [2.05, 4.69) is 16.3 Å². The zero-order valence-corrected chi connectivity index (χ0v) is 18.3. The van der Waals surface area contributed by atoms with Gasteiger partial charge in [-0.25, -0.2) is 4.79 Å². The van der Waals surface area contributed by atoms with Gasteiger partial charge in [0.2, 0.25) is 12.7 Å². The number of fused-ring (bicyclic) bond motifs is 1. The summed E-state index contributed by atoms with van der Waals surface area (Å²) in [6.07, 6.45) is 0.337. The van der Waals surface area contributed by atoms with Crippen LogP contribution in [-0.4, -0.2) is 67.3 Å². The highest BCUT2D eigenvalue weighted by Crippen LogP contribution is 2.32. The Kier molecular flexibility index (Phi) is 5.61. The molecule has 2 aromatic rings. The number of nitrogens with one attached hydrogen (secondary N) is 1. The van der Waals surface area contributed by atoms with Crippen LogP contribution in [0.15, 0.2) is 42.5 Å². The van der Waals surface area contributed by atoms with Crippen LogP contribution in [0, 0.1) is 6.92 Å². The number of benzene rings is 2. The van der Waals surface area contributed by atoms with Gasteiger partial charge in [0.15, 0.2) is 11.5 Å². The van der Waals surface area contributed by atoms with Gasteiger partial charge in [-0.2, -0.15) is 0 Å². The van der Waals surface area contributed by atoms with Crippen molar-refractivity contribution in [3.05, 3.63) is 53.6 Å². The number of aryl methyl sites for hydroxylation is 1. The van der Waals surface area contributed by atoms with E-state index in [-0.39, 0.29) is 24.8 Å². The Labute approximate surface area is 187 Å². The average molecular weight is 437 g/mol. The number of hydrogen-bond donors (Lipinski definition) is 1. The maximum Gasteiger partial charge on any atom is 0.317 e. The number of carbonyl (C=O) groups is 2. The van der Waals surface area contributed by atoms with Crippen LogP contribution in [0.4, 0.5) is 10.5 Å². The van der Waals surface area contributed by atoms with Crippen LogP contribution >= 0.6 is 0 Å². The Balaban J connectivity index is 1.10. The molecule has 3 aliphatic rings. The van der Waals surface area contributed by atoms with Crippen LogP contribution in [0.3, 0.4) is 0 Å². The molecular weight excluding hydrogens is 408 g/mol. The molecule has 1 atom stereocenters. The first-order valence-electron chi connectivity index (χ1n) is 11.1. The Morgan fingerprint density at radius 3 is 2.56 bits per heavy atom. The van der Waals surface area contributed by atoms with Crippen LogP contribution in [0.2, 0.25) is 0 Å². The molecule has 2 aromatic carbocycles. The molecule has 0 saturated carbocycles. The third kappa shape index (κ3) is 4.36. The molecule has 2 saturated heterocycles. The van der Waals surface area contributed by atoms with Gasteiger partial charge < -0.3 is 24.6 Å². The molecule has 5 rings (SSSR count). The van der Waals surface area contributed by atoms with E-state index >= 15 is 0 Å². The lowest BCUT2D eigenvalue weighted by atomic mass is 10.1. The molecule has 1 N–H and O–H groups in total. The van der Waals surface area contributed by atoms with E-state index in [0.29, 0.717) is 26.1 Å². The summed E-state index contributed by atoms with van der Waals surface area (Å²) in [4.78, 5) is 31.2. The van der Waals surface area contributed by atoms with Crippen molar-refractivity contribution in [2.24, 2.45) is 0 Å². The zero-order chi connectivity index (χ0) is 22.1. The van der Waals surface area contributed by atoms with Crippen molar-refractivity contribution >= 4 is 17.6 Å². The van der Waals surface area contributed by atoms with E-state index in [0.717, 1.165) is 42.4 Å². The first-order chi connectivity index (χ1) is 15.5. The van der Waals surface area contributed by atoms with Crippen LogP contribution in [0.5, 0.6) is 11.5 Å². The van der Waals surface area contributed by atoms with Gasteiger partial charge in [-0.15, -0.1) is 0 Å². The van der Waals surface area contributed by atoms with Crippen molar-refractivity contribution in [1.82, 2.24) is 15.1 Å². The van der Waals surface area contributed by atoms with E-state index < -0.39 is 0 Å². The van der Waals surface area contributed by atoms with E-state index in [1.165, 1.54) is 5.56 Å². The fraction of sp³-hybridized carbons (Fsp3) is 0.417. The van der Waals surface area contributed by atoms with E-state index in [1.807, 2.05) is 48.2 Å². The second-order valence-corrected chi connectivity index (χ2v) is 8.64. The Morgan fingerprint density at radius 2 is 1.78 bits per heavy atom.